The highest BCUT2D eigenvalue weighted by molar-refractivity contribution is 7.26. The summed E-state index contributed by atoms with van der Waals surface area (Å²) in [5, 5.41) is 21.1. The molecule has 22 rings (SSSR count). The third-order valence-corrected chi connectivity index (χ3v) is 26.8. The van der Waals surface area contributed by atoms with E-state index in [2.05, 4.69) is 331 Å². The summed E-state index contributed by atoms with van der Waals surface area (Å²) < 4.78 is 5.39. The lowest BCUT2D eigenvalue weighted by Crippen LogP contribution is -2.15. The highest BCUT2D eigenvalue weighted by Gasteiger charge is 2.40. The minimum absolute atomic E-state index is 0.153. The predicted octanol–water partition coefficient (Wildman–Crippen LogP) is 29.6. The molecule has 0 nitrogen and oxygen atoms in total. The van der Waals surface area contributed by atoms with Crippen LogP contribution in [0.4, 0.5) is 0 Å². The van der Waals surface area contributed by atoms with Gasteiger partial charge < -0.3 is 0 Å². The zero-order valence-electron chi connectivity index (χ0n) is 58.5. The third-order valence-electron chi connectivity index (χ3n) is 24.4. The van der Waals surface area contributed by atoms with Crippen molar-refractivity contribution >= 4 is 144 Å². The lowest BCUT2D eigenvalue weighted by Gasteiger charge is -2.24. The highest BCUT2D eigenvalue weighted by atomic mass is 32.1. The average Bonchev–Trinajstić information content (AvgIpc) is 1.48. The summed E-state index contributed by atoms with van der Waals surface area (Å²) in [6, 6.07) is 105. The van der Waals surface area contributed by atoms with Gasteiger partial charge in [-0.1, -0.05) is 295 Å². The Hall–Kier alpha value is -11.5. The Morgan fingerprint density at radius 3 is 1.34 bits per heavy atom. The second-order valence-corrected chi connectivity index (χ2v) is 32.8. The van der Waals surface area contributed by atoms with Crippen LogP contribution < -0.4 is 0 Å². The number of rotatable bonds is 7. The monoisotopic (exact) mass is 1360 g/mol. The van der Waals surface area contributed by atoms with E-state index in [0.29, 0.717) is 0 Å². The molecular weight excluding hydrogens is 1290 g/mol. The van der Waals surface area contributed by atoms with Gasteiger partial charge in [0.25, 0.3) is 0 Å². The van der Waals surface area contributed by atoms with Crippen molar-refractivity contribution in [3.63, 3.8) is 0 Å². The lowest BCUT2D eigenvalue weighted by atomic mass is 9.79. The van der Waals surface area contributed by atoms with Gasteiger partial charge in [-0.3, -0.25) is 0 Å². The molecule has 0 bridgehead atoms. The van der Waals surface area contributed by atoms with Crippen molar-refractivity contribution < 1.29 is 0 Å². The lowest BCUT2D eigenvalue weighted by molar-refractivity contribution is 0.666. The van der Waals surface area contributed by atoms with Crippen LogP contribution in [-0.2, 0) is 10.8 Å². The van der Waals surface area contributed by atoms with Gasteiger partial charge in [-0.05, 0) is 249 Å². The van der Waals surface area contributed by atoms with Crippen molar-refractivity contribution in [3.8, 4) is 66.8 Å². The first-order valence-electron chi connectivity index (χ1n) is 37.0. The van der Waals surface area contributed by atoms with Crippen LogP contribution >= 0.6 is 22.7 Å². The van der Waals surface area contributed by atoms with E-state index < -0.39 is 0 Å². The summed E-state index contributed by atoms with van der Waals surface area (Å²) in [6.07, 6.45) is 15.7. The molecule has 18 aromatic rings. The number of benzene rings is 16. The molecule has 0 fully saturated rings. The van der Waals surface area contributed by atoms with E-state index in [-0.39, 0.29) is 10.8 Å². The predicted molar refractivity (Wildman–Crippen MR) is 452 cm³/mol. The zero-order valence-corrected chi connectivity index (χ0v) is 60.1. The summed E-state index contributed by atoms with van der Waals surface area (Å²) in [7, 11) is 0. The standard InChI is InChI=1S/C102H70S2/c1-101(2)87-52-47-68(56-84(87)80-51-46-67-55-86-71-21-16-17-32-89(71)103-91(86)58-83(67)98(80)101)94-76-26-12-8-22-72(76)93(73-23-9-13-27-77(73)94)65-43-37-62(38-44-65)61-33-39-63(40-34-61)70-30-18-31-82-97-90(104-100(70)82)54-49-66-45-50-81-85-57-69(48-53-88(85)102(3,4)99(81)96(66)97)95-78-28-14-10-24-74(78)92(75-25-11-15-29-79(75)95)64-41-35-60(36-42-64)59-19-6-5-7-20-59/h5-6,8-19,21-37,39-43,45-58H,7,20,38,44H2,1-4H3. The van der Waals surface area contributed by atoms with E-state index in [1.165, 1.54) is 227 Å². The summed E-state index contributed by atoms with van der Waals surface area (Å²) in [5.74, 6) is 0. The molecule has 0 N–H and O–H groups in total. The number of fused-ring (bicyclic) bond motifs is 21. The topological polar surface area (TPSA) is 0 Å². The van der Waals surface area contributed by atoms with Crippen LogP contribution in [0.25, 0.3) is 188 Å². The minimum atomic E-state index is -0.236. The van der Waals surface area contributed by atoms with Gasteiger partial charge in [0.2, 0.25) is 0 Å². The van der Waals surface area contributed by atoms with Crippen LogP contribution in [0.2, 0.25) is 0 Å². The molecule has 0 atom stereocenters. The minimum Gasteiger partial charge on any atom is -0.135 e. The molecule has 0 spiro atoms. The van der Waals surface area contributed by atoms with Crippen LogP contribution in [0, 0.1) is 0 Å². The molecule has 490 valence electrons. The molecule has 0 saturated carbocycles. The van der Waals surface area contributed by atoms with Gasteiger partial charge in [0.05, 0.1) is 0 Å². The Morgan fingerprint density at radius 2 is 0.750 bits per heavy atom. The fourth-order valence-electron chi connectivity index (χ4n) is 19.6. The zero-order chi connectivity index (χ0) is 68.8. The molecule has 0 aliphatic heterocycles. The Labute approximate surface area is 613 Å². The largest absolute Gasteiger partial charge is 0.135 e. The molecule has 2 heteroatoms. The molecule has 4 aliphatic rings. The Kier molecular flexibility index (Phi) is 13.0. The maximum absolute atomic E-state index is 2.52. The number of hydrogen-bond donors (Lipinski definition) is 0. The molecule has 0 radical (unpaired) electrons. The summed E-state index contributed by atoms with van der Waals surface area (Å²) in [4.78, 5) is 0. The average molecular weight is 1360 g/mol. The molecule has 0 unspecified atom stereocenters. The van der Waals surface area contributed by atoms with Crippen LogP contribution in [0.5, 0.6) is 0 Å². The van der Waals surface area contributed by atoms with Crippen LogP contribution in [0.1, 0.15) is 92.3 Å². The second-order valence-electron chi connectivity index (χ2n) is 30.6. The van der Waals surface area contributed by atoms with E-state index in [0.717, 1.165) is 25.7 Å². The normalized spacial score (nSPS) is 15.1. The first-order valence-corrected chi connectivity index (χ1v) is 38.7. The first-order chi connectivity index (χ1) is 51.1. The van der Waals surface area contributed by atoms with Crippen LogP contribution in [-0.4, -0.2) is 0 Å². The van der Waals surface area contributed by atoms with Crippen molar-refractivity contribution in [1.29, 1.82) is 0 Å². The van der Waals surface area contributed by atoms with Crippen molar-refractivity contribution in [1.82, 2.24) is 0 Å². The van der Waals surface area contributed by atoms with Gasteiger partial charge in [-0.2, -0.15) is 0 Å². The fourth-order valence-corrected chi connectivity index (χ4v) is 22.0. The van der Waals surface area contributed by atoms with Crippen LogP contribution in [0.3, 0.4) is 0 Å². The quantitative estimate of drug-likeness (QED) is 0.140. The van der Waals surface area contributed by atoms with Crippen LogP contribution in [0.15, 0.2) is 303 Å². The van der Waals surface area contributed by atoms with Gasteiger partial charge in [0.15, 0.2) is 0 Å². The van der Waals surface area contributed by atoms with Crippen molar-refractivity contribution in [2.24, 2.45) is 0 Å². The molecule has 0 saturated heterocycles. The second kappa shape index (κ2) is 22.5. The van der Waals surface area contributed by atoms with E-state index >= 15 is 0 Å². The SMILES string of the molecule is CC1(C)c2ccc(-c3c4ccccc4c(C4=CC=C(c5ccc(-c6cccc7c6sc6ccc8ccc9c(c8c67)C(C)(C)c6ccc(-c7c8ccccc8c(-c8ccc(C%10=CC=CCC%10)cc8)c8ccccc78)cc6-9)cc5)CC4)c4ccccc34)cc2-c2ccc3cc4c(cc3c21)sc1ccccc14. The molecular formula is C102H70S2. The van der Waals surface area contributed by atoms with Gasteiger partial charge in [-0.15, -0.1) is 22.7 Å². The molecule has 16 aromatic carbocycles. The molecule has 2 aromatic heterocycles. The van der Waals surface area contributed by atoms with Gasteiger partial charge in [0, 0.05) is 51.2 Å². The summed E-state index contributed by atoms with van der Waals surface area (Å²) >= 11 is 3.86. The Bertz CT molecular complexity index is 6870. The van der Waals surface area contributed by atoms with E-state index in [1.54, 1.807) is 0 Å². The van der Waals surface area contributed by atoms with Gasteiger partial charge >= 0.3 is 0 Å². The maximum Gasteiger partial charge on any atom is 0.0434 e. The van der Waals surface area contributed by atoms with E-state index in [1.807, 2.05) is 22.7 Å². The van der Waals surface area contributed by atoms with Gasteiger partial charge in [-0.25, -0.2) is 0 Å². The highest BCUT2D eigenvalue weighted by Crippen LogP contribution is 2.58. The summed E-state index contributed by atoms with van der Waals surface area (Å²) in [5.41, 5.74) is 29.0. The maximum atomic E-state index is 2.52. The van der Waals surface area contributed by atoms with Gasteiger partial charge in [0.1, 0.15) is 0 Å². The van der Waals surface area contributed by atoms with Crippen molar-refractivity contribution in [3.05, 3.63) is 342 Å². The Balaban J connectivity index is 0.593. The smallest absolute Gasteiger partial charge is 0.0434 e. The van der Waals surface area contributed by atoms with Crippen molar-refractivity contribution in [2.75, 3.05) is 0 Å². The first kappa shape index (κ1) is 60.1. The molecule has 2 heterocycles. The van der Waals surface area contributed by atoms with Crippen molar-refractivity contribution in [2.45, 2.75) is 64.2 Å². The van der Waals surface area contributed by atoms with E-state index in [9.17, 15) is 0 Å². The third kappa shape index (κ3) is 8.71. The molecule has 104 heavy (non-hydrogen) atoms. The number of allylic oxidation sites excluding steroid dienone is 8. The Morgan fingerprint density at radius 1 is 0.269 bits per heavy atom. The molecule has 4 aliphatic carbocycles. The summed E-state index contributed by atoms with van der Waals surface area (Å²) in [6.45, 7) is 9.78. The molecule has 0 amide bonds. The number of thiophene rings is 2. The van der Waals surface area contributed by atoms with E-state index in [4.69, 9.17) is 0 Å². The number of hydrogen-bond acceptors (Lipinski definition) is 2. The fraction of sp³-hybridized carbons (Fsp3) is 0.0980.